The van der Waals surface area contributed by atoms with Gasteiger partial charge in [-0.2, -0.15) is 0 Å². The predicted octanol–water partition coefficient (Wildman–Crippen LogP) is 4.21. The molecule has 1 rings (SSSR count). The first-order chi connectivity index (χ1) is 7.82. The molecule has 0 saturated heterocycles. The van der Waals surface area contributed by atoms with Crippen LogP contribution in [-0.2, 0) is 0 Å². The lowest BCUT2D eigenvalue weighted by atomic mass is 10.0. The number of hydrogen-bond acceptors (Lipinski definition) is 3. The Kier molecular flexibility index (Phi) is 5.45. The molecule has 1 aromatic heterocycles. The smallest absolute Gasteiger partial charge is 0.179 e. The summed E-state index contributed by atoms with van der Waals surface area (Å²) < 4.78 is 1.03. The molecule has 1 atom stereocenters. The van der Waals surface area contributed by atoms with Crippen LogP contribution in [0.25, 0.3) is 0 Å². The monoisotopic (exact) mass is 293 g/mol. The maximum atomic E-state index is 12.0. The number of carbonyl (C=O) groups is 1. The molecule has 5 heteroatoms. The van der Waals surface area contributed by atoms with Gasteiger partial charge in [-0.3, -0.25) is 9.69 Å². The topological polar surface area (TPSA) is 20.3 Å². The van der Waals surface area contributed by atoms with Gasteiger partial charge in [0.1, 0.15) is 4.34 Å². The maximum absolute atomic E-state index is 12.0. The lowest BCUT2D eigenvalue weighted by Gasteiger charge is -2.26. The summed E-state index contributed by atoms with van der Waals surface area (Å²) in [5.74, 6) is 0.530. The molecule has 96 valence electrons. The number of hydrogen-bond donors (Lipinski definition) is 0. The molecular weight excluding hydrogens is 277 g/mol. The van der Waals surface area contributed by atoms with Gasteiger partial charge in [-0.05, 0) is 26.0 Å². The molecular formula is C12H17Cl2NOS. The standard InChI is InChI=1S/C12H17Cl2NOS/c1-7(2)8(3)15(4)6-10(16)9-5-11(13)17-12(9)14/h5,7-8H,6H2,1-4H3. The fourth-order valence-electron chi connectivity index (χ4n) is 1.50. The summed E-state index contributed by atoms with van der Waals surface area (Å²) in [6.45, 7) is 6.76. The van der Waals surface area contributed by atoms with Gasteiger partial charge in [0.2, 0.25) is 0 Å². The minimum atomic E-state index is 0.0214. The average Bonchev–Trinajstić information content (AvgIpc) is 2.56. The Morgan fingerprint density at radius 2 is 2.00 bits per heavy atom. The Bertz CT molecular complexity index is 403. The SMILES string of the molecule is CC(C)C(C)N(C)CC(=O)c1cc(Cl)sc1Cl. The molecule has 0 N–H and O–H groups in total. The zero-order valence-electron chi connectivity index (χ0n) is 10.5. The van der Waals surface area contributed by atoms with E-state index in [1.807, 2.05) is 11.9 Å². The van der Waals surface area contributed by atoms with Crippen molar-refractivity contribution in [1.29, 1.82) is 0 Å². The van der Waals surface area contributed by atoms with E-state index < -0.39 is 0 Å². The highest BCUT2D eigenvalue weighted by molar-refractivity contribution is 7.20. The number of nitrogens with zero attached hydrogens (tertiary/aromatic N) is 1. The van der Waals surface area contributed by atoms with E-state index in [1.54, 1.807) is 6.07 Å². The summed E-state index contributed by atoms with van der Waals surface area (Å²) in [4.78, 5) is 14.1. The van der Waals surface area contributed by atoms with E-state index in [0.29, 0.717) is 32.7 Å². The highest BCUT2D eigenvalue weighted by Gasteiger charge is 2.19. The molecule has 0 bridgehead atoms. The summed E-state index contributed by atoms with van der Waals surface area (Å²) in [6.07, 6.45) is 0. The second-order valence-corrected chi connectivity index (χ2v) is 6.85. The van der Waals surface area contributed by atoms with Gasteiger partial charge in [0, 0.05) is 6.04 Å². The number of carbonyl (C=O) groups excluding carboxylic acids is 1. The molecule has 0 aliphatic heterocycles. The first-order valence-corrected chi connectivity index (χ1v) is 7.08. The predicted molar refractivity (Wildman–Crippen MR) is 75.6 cm³/mol. The number of halogens is 2. The van der Waals surface area contributed by atoms with E-state index in [-0.39, 0.29) is 5.78 Å². The van der Waals surface area contributed by atoms with Gasteiger partial charge < -0.3 is 0 Å². The molecule has 0 fully saturated rings. The van der Waals surface area contributed by atoms with E-state index >= 15 is 0 Å². The lowest BCUT2D eigenvalue weighted by Crippen LogP contribution is -2.37. The van der Waals surface area contributed by atoms with E-state index in [0.717, 1.165) is 0 Å². The van der Waals surface area contributed by atoms with Crippen LogP contribution in [0.3, 0.4) is 0 Å². The molecule has 0 saturated carbocycles. The zero-order chi connectivity index (χ0) is 13.2. The quantitative estimate of drug-likeness (QED) is 0.758. The third-order valence-electron chi connectivity index (χ3n) is 3.01. The first kappa shape index (κ1) is 15.0. The van der Waals surface area contributed by atoms with Gasteiger partial charge in [0.25, 0.3) is 0 Å². The van der Waals surface area contributed by atoms with Crippen molar-refractivity contribution in [3.05, 3.63) is 20.3 Å². The van der Waals surface area contributed by atoms with Crippen LogP contribution in [0.5, 0.6) is 0 Å². The van der Waals surface area contributed by atoms with Gasteiger partial charge in [0.15, 0.2) is 5.78 Å². The van der Waals surface area contributed by atoms with Crippen molar-refractivity contribution in [2.24, 2.45) is 5.92 Å². The fourth-order valence-corrected chi connectivity index (χ4v) is 2.99. The molecule has 0 amide bonds. The number of likely N-dealkylation sites (N-methyl/N-ethyl adjacent to an activating group) is 1. The van der Waals surface area contributed by atoms with Crippen molar-refractivity contribution < 1.29 is 4.79 Å². The van der Waals surface area contributed by atoms with Crippen LogP contribution in [-0.4, -0.2) is 30.3 Å². The molecule has 1 heterocycles. The number of thiophene rings is 1. The van der Waals surface area contributed by atoms with E-state index in [1.165, 1.54) is 11.3 Å². The number of ketones is 1. The van der Waals surface area contributed by atoms with Crippen LogP contribution >= 0.6 is 34.5 Å². The molecule has 0 radical (unpaired) electrons. The van der Waals surface area contributed by atoms with E-state index in [2.05, 4.69) is 20.8 Å². The third kappa shape index (κ3) is 3.95. The first-order valence-electron chi connectivity index (χ1n) is 5.51. The second kappa shape index (κ2) is 6.19. The number of Topliss-reactive ketones (excluding diaryl/α,β-unsaturated/α-hetero) is 1. The second-order valence-electron chi connectivity index (χ2n) is 4.56. The van der Waals surface area contributed by atoms with Crippen LogP contribution in [0.4, 0.5) is 0 Å². The van der Waals surface area contributed by atoms with Gasteiger partial charge in [0.05, 0.1) is 16.4 Å². The highest BCUT2D eigenvalue weighted by Crippen LogP contribution is 2.31. The minimum absolute atomic E-state index is 0.0214. The average molecular weight is 294 g/mol. The van der Waals surface area contributed by atoms with E-state index in [9.17, 15) is 4.79 Å². The molecule has 1 aromatic rings. The van der Waals surface area contributed by atoms with Crippen molar-refractivity contribution >= 4 is 40.3 Å². The fraction of sp³-hybridized carbons (Fsp3) is 0.583. The molecule has 0 aliphatic rings. The van der Waals surface area contributed by atoms with E-state index in [4.69, 9.17) is 23.2 Å². The third-order valence-corrected chi connectivity index (χ3v) is 4.50. The normalized spacial score (nSPS) is 13.4. The van der Waals surface area contributed by atoms with Gasteiger partial charge >= 0.3 is 0 Å². The molecule has 0 aromatic carbocycles. The summed E-state index contributed by atoms with van der Waals surface area (Å²) in [7, 11) is 1.95. The largest absolute Gasteiger partial charge is 0.296 e. The Hall–Kier alpha value is -0.0900. The van der Waals surface area contributed by atoms with Crippen LogP contribution < -0.4 is 0 Å². The summed E-state index contributed by atoms with van der Waals surface area (Å²) in [6, 6.07) is 2.00. The molecule has 0 spiro atoms. The molecule has 2 nitrogen and oxygen atoms in total. The molecule has 17 heavy (non-hydrogen) atoms. The van der Waals surface area contributed by atoms with Crippen LogP contribution in [0.2, 0.25) is 8.67 Å². The van der Waals surface area contributed by atoms with Gasteiger partial charge in [-0.25, -0.2) is 0 Å². The summed E-state index contributed by atoms with van der Waals surface area (Å²) in [5.41, 5.74) is 0.532. The minimum Gasteiger partial charge on any atom is -0.296 e. The van der Waals surface area contributed by atoms with Gasteiger partial charge in [-0.15, -0.1) is 11.3 Å². The Balaban J connectivity index is 2.70. The maximum Gasteiger partial charge on any atom is 0.179 e. The number of rotatable bonds is 5. The van der Waals surface area contributed by atoms with Crippen molar-refractivity contribution in [3.63, 3.8) is 0 Å². The summed E-state index contributed by atoms with van der Waals surface area (Å²) >= 11 is 13.0. The van der Waals surface area contributed by atoms with Crippen molar-refractivity contribution in [1.82, 2.24) is 4.90 Å². The zero-order valence-corrected chi connectivity index (χ0v) is 12.8. The Morgan fingerprint density at radius 1 is 1.41 bits per heavy atom. The molecule has 1 unspecified atom stereocenters. The highest BCUT2D eigenvalue weighted by atomic mass is 35.5. The van der Waals surface area contributed by atoms with Crippen LogP contribution in [0.1, 0.15) is 31.1 Å². The van der Waals surface area contributed by atoms with Crippen LogP contribution in [0.15, 0.2) is 6.07 Å². The molecule has 0 aliphatic carbocycles. The van der Waals surface area contributed by atoms with Crippen molar-refractivity contribution in [2.45, 2.75) is 26.8 Å². The van der Waals surface area contributed by atoms with Crippen LogP contribution in [0, 0.1) is 5.92 Å². The summed E-state index contributed by atoms with van der Waals surface area (Å²) in [5, 5.41) is 0. The Morgan fingerprint density at radius 3 is 2.41 bits per heavy atom. The van der Waals surface area contributed by atoms with Crippen molar-refractivity contribution in [3.8, 4) is 0 Å². The lowest BCUT2D eigenvalue weighted by molar-refractivity contribution is 0.0907. The van der Waals surface area contributed by atoms with Crippen molar-refractivity contribution in [2.75, 3.05) is 13.6 Å². The Labute approximate surface area is 117 Å². The van der Waals surface area contributed by atoms with Gasteiger partial charge in [-0.1, -0.05) is 37.0 Å².